The van der Waals surface area contributed by atoms with E-state index in [0.717, 1.165) is 0 Å². The topological polar surface area (TPSA) is 47.9 Å². The molecule has 2 aromatic rings. The molecule has 25 heavy (non-hydrogen) atoms. The van der Waals surface area contributed by atoms with Crippen LogP contribution in [-0.4, -0.2) is 16.9 Å². The van der Waals surface area contributed by atoms with E-state index < -0.39 is 28.1 Å². The lowest BCUT2D eigenvalue weighted by Crippen LogP contribution is -2.33. The summed E-state index contributed by atoms with van der Waals surface area (Å²) < 4.78 is 54.0. The van der Waals surface area contributed by atoms with E-state index in [2.05, 4.69) is 8.55 Å². The molecule has 0 aromatic heterocycles. The van der Waals surface area contributed by atoms with Crippen LogP contribution in [0.5, 0.6) is 5.75 Å². The van der Waals surface area contributed by atoms with Crippen molar-refractivity contribution in [1.82, 2.24) is 0 Å². The average molecular weight is 365 g/mol. The third-order valence-corrected chi connectivity index (χ3v) is 4.54. The molecule has 4 nitrogen and oxygen atoms in total. The van der Waals surface area contributed by atoms with Gasteiger partial charge in [-0.1, -0.05) is 12.1 Å². The van der Waals surface area contributed by atoms with Gasteiger partial charge >= 0.3 is 0 Å². The number of fused-ring (bicyclic) bond motifs is 1. The van der Waals surface area contributed by atoms with Gasteiger partial charge in [0.1, 0.15) is 11.6 Å². The van der Waals surface area contributed by atoms with Crippen LogP contribution >= 0.6 is 0 Å². The van der Waals surface area contributed by atoms with Gasteiger partial charge in [0.2, 0.25) is 0 Å². The summed E-state index contributed by atoms with van der Waals surface area (Å²) in [6.07, 6.45) is 0. The Morgan fingerprint density at radius 2 is 1.80 bits per heavy atom. The van der Waals surface area contributed by atoms with Crippen molar-refractivity contribution >= 4 is 22.1 Å². The molecule has 3 rings (SSSR count). The summed E-state index contributed by atoms with van der Waals surface area (Å²) in [5, 5.41) is 0. The van der Waals surface area contributed by atoms with Crippen LogP contribution in [-0.2, 0) is 15.1 Å². The van der Waals surface area contributed by atoms with Crippen molar-refractivity contribution < 1.29 is 21.9 Å². The van der Waals surface area contributed by atoms with Crippen LogP contribution in [0.15, 0.2) is 52.7 Å². The molecule has 0 saturated carbocycles. The Morgan fingerprint density at radius 1 is 1.12 bits per heavy atom. The van der Waals surface area contributed by atoms with Crippen molar-refractivity contribution in [3.05, 3.63) is 65.2 Å². The highest BCUT2D eigenvalue weighted by molar-refractivity contribution is 7.69. The van der Waals surface area contributed by atoms with Crippen LogP contribution in [0.25, 0.3) is 5.57 Å². The SMILES string of the molecule is CO[SH](=O)=Nc1ccc2c(c1)OC(C)(C)C(F)=C2c1ccc(F)cc1. The zero-order valence-corrected chi connectivity index (χ0v) is 14.8. The fourth-order valence-corrected chi connectivity index (χ4v) is 3.03. The lowest BCUT2D eigenvalue weighted by molar-refractivity contribution is 0.117. The Labute approximate surface area is 146 Å². The first-order valence-corrected chi connectivity index (χ1v) is 8.67. The van der Waals surface area contributed by atoms with Crippen molar-refractivity contribution in [2.75, 3.05) is 7.11 Å². The van der Waals surface area contributed by atoms with Crippen LogP contribution < -0.4 is 4.74 Å². The molecule has 2 aromatic carbocycles. The minimum atomic E-state index is -2.17. The number of thiol groups is 1. The zero-order chi connectivity index (χ0) is 18.2. The van der Waals surface area contributed by atoms with Crippen molar-refractivity contribution in [2.24, 2.45) is 4.36 Å². The van der Waals surface area contributed by atoms with Crippen molar-refractivity contribution in [3.8, 4) is 5.75 Å². The predicted molar refractivity (Wildman–Crippen MR) is 93.3 cm³/mol. The van der Waals surface area contributed by atoms with Crippen LogP contribution in [0, 0.1) is 5.82 Å². The van der Waals surface area contributed by atoms with Crippen LogP contribution in [0.4, 0.5) is 14.5 Å². The summed E-state index contributed by atoms with van der Waals surface area (Å²) in [6, 6.07) is 10.4. The van der Waals surface area contributed by atoms with E-state index >= 15 is 4.39 Å². The molecule has 0 N–H and O–H groups in total. The average Bonchev–Trinajstić information content (AvgIpc) is 2.57. The summed E-state index contributed by atoms with van der Waals surface area (Å²) in [7, 11) is -0.871. The monoisotopic (exact) mass is 365 g/mol. The van der Waals surface area contributed by atoms with Crippen molar-refractivity contribution in [3.63, 3.8) is 0 Å². The zero-order valence-electron chi connectivity index (χ0n) is 13.9. The van der Waals surface area contributed by atoms with Gasteiger partial charge in [-0.15, -0.1) is 0 Å². The van der Waals surface area contributed by atoms with Crippen LogP contribution in [0.2, 0.25) is 0 Å². The molecule has 0 bridgehead atoms. The first kappa shape index (κ1) is 17.6. The van der Waals surface area contributed by atoms with E-state index in [1.54, 1.807) is 32.0 Å². The largest absolute Gasteiger partial charge is 0.480 e. The second-order valence-corrected chi connectivity index (χ2v) is 7.05. The normalized spacial score (nSPS) is 17.2. The van der Waals surface area contributed by atoms with Gasteiger partial charge in [0.15, 0.2) is 22.3 Å². The molecule has 0 amide bonds. The molecule has 0 spiro atoms. The molecule has 1 heterocycles. The molecule has 132 valence electrons. The summed E-state index contributed by atoms with van der Waals surface area (Å²) in [6.45, 7) is 3.21. The second-order valence-electron chi connectivity index (χ2n) is 6.01. The molecule has 1 aliphatic heterocycles. The van der Waals surface area contributed by atoms with Gasteiger partial charge in [0.25, 0.3) is 0 Å². The molecule has 0 saturated heterocycles. The molecule has 1 unspecified atom stereocenters. The standard InChI is InChI=1S/C18H17F2NO3S/c1-18(2)17(20)16(11-4-6-12(19)7-5-11)14-9-8-13(10-15(14)24-18)21-25(22)23-3/h4-10,25H,1-3H3. The van der Waals surface area contributed by atoms with Crippen LogP contribution in [0.1, 0.15) is 25.0 Å². The Bertz CT molecular complexity index is 930. The third-order valence-electron chi connectivity index (χ3n) is 3.83. The summed E-state index contributed by atoms with van der Waals surface area (Å²) in [5.74, 6) is -0.431. The van der Waals surface area contributed by atoms with Gasteiger partial charge in [-0.25, -0.2) is 13.0 Å². The first-order chi connectivity index (χ1) is 11.8. The number of halogens is 2. The van der Waals surface area contributed by atoms with E-state index in [0.29, 0.717) is 28.1 Å². The molecule has 1 aliphatic rings. The molecule has 7 heteroatoms. The van der Waals surface area contributed by atoms with E-state index in [4.69, 9.17) is 4.74 Å². The molecule has 0 radical (unpaired) electrons. The predicted octanol–water partition coefficient (Wildman–Crippen LogP) is 4.58. The lowest BCUT2D eigenvalue weighted by Gasteiger charge is -2.33. The number of ether oxygens (including phenoxy) is 1. The quantitative estimate of drug-likeness (QED) is 0.810. The van der Waals surface area contributed by atoms with Gasteiger partial charge in [0.05, 0.1) is 12.8 Å². The smallest absolute Gasteiger partial charge is 0.156 e. The van der Waals surface area contributed by atoms with Gasteiger partial charge < -0.3 is 4.74 Å². The van der Waals surface area contributed by atoms with Crippen molar-refractivity contribution in [2.45, 2.75) is 19.4 Å². The Hall–Kier alpha value is -2.25. The summed E-state index contributed by atoms with van der Waals surface area (Å²) in [4.78, 5) is 0. The second kappa shape index (κ2) is 6.57. The number of benzene rings is 2. The lowest BCUT2D eigenvalue weighted by atomic mass is 9.88. The van der Waals surface area contributed by atoms with Gasteiger partial charge in [-0.3, -0.25) is 4.18 Å². The minimum Gasteiger partial charge on any atom is -0.480 e. The molecule has 1 atom stereocenters. The molecular weight excluding hydrogens is 348 g/mol. The Kier molecular flexibility index (Phi) is 4.62. The fraction of sp³-hybridized carbons (Fsp3) is 0.222. The minimum absolute atomic E-state index is 0.342. The van der Waals surface area contributed by atoms with E-state index in [1.807, 2.05) is 0 Å². The maximum absolute atomic E-state index is 15.0. The van der Waals surface area contributed by atoms with Gasteiger partial charge in [0, 0.05) is 17.2 Å². The molecule has 0 aliphatic carbocycles. The highest BCUT2D eigenvalue weighted by atomic mass is 32.2. The van der Waals surface area contributed by atoms with E-state index in [9.17, 15) is 8.60 Å². The molecule has 0 fully saturated rings. The van der Waals surface area contributed by atoms with E-state index in [-0.39, 0.29) is 0 Å². The number of nitrogens with zero attached hydrogens (tertiary/aromatic N) is 1. The highest BCUT2D eigenvalue weighted by Crippen LogP contribution is 2.45. The Balaban J connectivity index is 2.18. The van der Waals surface area contributed by atoms with E-state index in [1.165, 1.54) is 31.4 Å². The number of hydrogen-bond donors (Lipinski definition) is 1. The highest BCUT2D eigenvalue weighted by Gasteiger charge is 2.36. The van der Waals surface area contributed by atoms with Gasteiger partial charge in [-0.05, 0) is 43.7 Å². The van der Waals surface area contributed by atoms with Crippen LogP contribution in [0.3, 0.4) is 0 Å². The van der Waals surface area contributed by atoms with Gasteiger partial charge in [-0.2, -0.15) is 4.36 Å². The third kappa shape index (κ3) is 3.43. The number of hydrogen-bond acceptors (Lipinski definition) is 4. The summed E-state index contributed by atoms with van der Waals surface area (Å²) in [5.41, 5.74) is 0.616. The summed E-state index contributed by atoms with van der Waals surface area (Å²) >= 11 is 0. The van der Waals surface area contributed by atoms with Crippen molar-refractivity contribution in [1.29, 1.82) is 0 Å². The Morgan fingerprint density at radius 3 is 2.44 bits per heavy atom. The maximum atomic E-state index is 15.0. The molecular formula is C18H17F2NO3S. The first-order valence-electron chi connectivity index (χ1n) is 7.54. The number of rotatable bonds is 3. The maximum Gasteiger partial charge on any atom is 0.156 e. The fourth-order valence-electron chi connectivity index (χ4n) is 2.64.